The summed E-state index contributed by atoms with van der Waals surface area (Å²) >= 11 is 0. The lowest BCUT2D eigenvalue weighted by molar-refractivity contribution is -0.136. The van der Waals surface area contributed by atoms with Crippen molar-refractivity contribution in [1.82, 2.24) is 35.7 Å². The van der Waals surface area contributed by atoms with Gasteiger partial charge in [-0.25, -0.2) is 14.4 Å². The topological polar surface area (TPSA) is 384 Å². The summed E-state index contributed by atoms with van der Waals surface area (Å²) < 4.78 is 19.7. The van der Waals surface area contributed by atoms with E-state index in [-0.39, 0.29) is 119 Å². The van der Waals surface area contributed by atoms with E-state index in [0.29, 0.717) is 83.6 Å². The van der Waals surface area contributed by atoms with Gasteiger partial charge < -0.3 is 50.7 Å². The molecule has 7 unspecified atom stereocenters. The number of benzene rings is 2. The molecule has 2 aromatic heterocycles. The van der Waals surface area contributed by atoms with E-state index < -0.39 is 142 Å². The maximum absolute atomic E-state index is 15.6. The molecule has 27 nitrogen and oxygen atoms in total. The summed E-state index contributed by atoms with van der Waals surface area (Å²) in [6.45, 7) is 32.5. The second-order valence-electron chi connectivity index (χ2n) is 35.3. The molecule has 4 aromatic rings. The average Bonchev–Trinajstić information content (AvgIpc) is 1.70. The van der Waals surface area contributed by atoms with E-state index in [1.54, 1.807) is 131 Å². The van der Waals surface area contributed by atoms with Crippen molar-refractivity contribution >= 4 is 98.3 Å². The lowest BCUT2D eigenvalue weighted by Gasteiger charge is -2.30. The number of hydrogen-bond acceptors (Lipinski definition) is 18. The van der Waals surface area contributed by atoms with E-state index in [2.05, 4.69) is 36.6 Å². The first-order valence-corrected chi connectivity index (χ1v) is 40.1. The summed E-state index contributed by atoms with van der Waals surface area (Å²) in [5.41, 5.74) is 9.04. The number of allylic oxidation sites excluding steroid dienone is 2. The molecule has 1 aliphatic carbocycles. The van der Waals surface area contributed by atoms with E-state index >= 15 is 19.2 Å². The number of aromatic nitrogens is 2. The molecule has 0 saturated heterocycles. The quantitative estimate of drug-likeness (QED) is 0.00599. The normalized spacial score (nSPS) is 15.3. The molecular formula is C86H127N11O16. The number of unbranched alkanes of at least 4 members (excludes halogenated alkanes) is 3. The second kappa shape index (κ2) is 43.1. The van der Waals surface area contributed by atoms with Gasteiger partial charge in [-0.15, -0.1) is 0 Å². The zero-order chi connectivity index (χ0) is 84.5. The van der Waals surface area contributed by atoms with Crippen LogP contribution in [0.15, 0.2) is 82.4 Å². The number of ether oxygens (including phenoxy) is 3. The van der Waals surface area contributed by atoms with Gasteiger partial charge in [0.15, 0.2) is 23.1 Å². The lowest BCUT2D eigenvalue weighted by Crippen LogP contribution is -2.50. The van der Waals surface area contributed by atoms with Crippen molar-refractivity contribution in [3.63, 3.8) is 0 Å². The van der Waals surface area contributed by atoms with E-state index in [0.717, 1.165) is 0 Å². The molecule has 5 rings (SSSR count). The Balaban J connectivity index is 1.51. The van der Waals surface area contributed by atoms with Crippen LogP contribution < -0.4 is 26.6 Å². The van der Waals surface area contributed by atoms with Crippen LogP contribution in [-0.4, -0.2) is 152 Å². The summed E-state index contributed by atoms with van der Waals surface area (Å²) in [5.74, 6) is -9.27. The third-order valence-corrected chi connectivity index (χ3v) is 19.5. The van der Waals surface area contributed by atoms with Crippen LogP contribution in [0.25, 0.3) is 32.2 Å². The van der Waals surface area contributed by atoms with Gasteiger partial charge >= 0.3 is 18.3 Å². The van der Waals surface area contributed by atoms with Crippen LogP contribution in [0.1, 0.15) is 245 Å². The maximum atomic E-state index is 15.6. The van der Waals surface area contributed by atoms with Gasteiger partial charge in [-0.05, 0) is 179 Å². The molecule has 27 heteroatoms. The number of carbonyl (C=O) groups is 12. The minimum Gasteiger partial charge on any atom is -0.511 e. The number of fused-ring (bicyclic) bond motifs is 2. The molecule has 1 aliphatic rings. The number of aliphatic hydroxyl groups excluding tert-OH is 1. The third kappa shape index (κ3) is 31.1. The Morgan fingerprint density at radius 2 is 1.04 bits per heavy atom. The van der Waals surface area contributed by atoms with E-state index in [4.69, 9.17) is 24.7 Å². The van der Waals surface area contributed by atoms with Crippen LogP contribution in [0.5, 0.6) is 0 Å². The monoisotopic (exact) mass is 1570 g/mol. The Kier molecular flexibility index (Phi) is 35.9. The molecule has 0 aliphatic heterocycles. The largest absolute Gasteiger partial charge is 0.511 e. The molecule has 0 radical (unpaired) electrons. The van der Waals surface area contributed by atoms with Crippen molar-refractivity contribution in [3.8, 4) is 0 Å². The highest BCUT2D eigenvalue weighted by atomic mass is 16.6. The van der Waals surface area contributed by atoms with Crippen molar-refractivity contribution in [2.45, 2.75) is 282 Å². The smallest absolute Gasteiger partial charge is 0.419 e. The zero-order valence-corrected chi connectivity index (χ0v) is 70.4. The van der Waals surface area contributed by atoms with Gasteiger partial charge in [0, 0.05) is 129 Å². The van der Waals surface area contributed by atoms with Gasteiger partial charge in [-0.1, -0.05) is 116 Å². The molecule has 113 heavy (non-hydrogen) atoms. The van der Waals surface area contributed by atoms with Crippen LogP contribution in [0.3, 0.4) is 0 Å². The van der Waals surface area contributed by atoms with Gasteiger partial charge in [0.1, 0.15) is 28.3 Å². The minimum absolute atomic E-state index is 0.0170. The number of ketones is 5. The van der Waals surface area contributed by atoms with Crippen LogP contribution in [0.2, 0.25) is 0 Å². The van der Waals surface area contributed by atoms with Gasteiger partial charge in [-0.3, -0.25) is 52.5 Å². The zero-order valence-electron chi connectivity index (χ0n) is 70.4. The molecule has 0 saturated carbocycles. The number of alkyl carbamates (subject to hydrolysis) is 1. The third-order valence-electron chi connectivity index (χ3n) is 19.5. The molecule has 5 amide bonds. The van der Waals surface area contributed by atoms with Crippen molar-refractivity contribution in [1.29, 1.82) is 0 Å². The van der Waals surface area contributed by atoms with Crippen molar-refractivity contribution in [2.24, 2.45) is 56.9 Å². The summed E-state index contributed by atoms with van der Waals surface area (Å²) in [5, 5.41) is 30.3. The predicted molar refractivity (Wildman–Crippen MR) is 436 cm³/mol. The highest BCUT2D eigenvalue weighted by molar-refractivity contribution is 6.23. The van der Waals surface area contributed by atoms with Gasteiger partial charge in [0.25, 0.3) is 0 Å². The molecule has 0 spiro atoms. The predicted octanol–water partition coefficient (Wildman–Crippen LogP) is 15.2. The molecule has 7 atom stereocenters. The molecule has 2 aromatic carbocycles. The Morgan fingerprint density at radius 1 is 0.566 bits per heavy atom. The standard InChI is InChI=1S/C86H127N11O16/c1-52(2)40-64(70(100)47-59(76(104)88-19)43-60-50-96(81(109)112-84(11,12)13)67-35-22-20-33-62(60)67)92-78(106)58(32-26-29-39-91-95-87)46-71(101)75(54(5)6)94-79(107)57(31-25-28-38-90-80(108)111-83(8,9)10)45-69(99)65(44-61-51-97(82(110)113-85(14,15)16)68-36-23-21-34-63(61)68)93-77(105)56(42-55(7)98)30-24-27-37-89-66(41-53(3)4)74-72(102)48-86(17,18)49-73(74)103/h20-23,33-36,50-54,56-59,64-65,75,102H,24-32,37-49H2,1-19H3,(H,88,104)(H,90,108)(H,92,106)(H,93,105)(H,94,107). The summed E-state index contributed by atoms with van der Waals surface area (Å²) in [4.78, 5) is 179. The van der Waals surface area contributed by atoms with Crippen LogP contribution >= 0.6 is 0 Å². The Hall–Kier alpha value is -9.52. The fraction of sp³-hybridized carbons (Fsp3) is 0.640. The highest BCUT2D eigenvalue weighted by Gasteiger charge is 2.39. The molecular weight excluding hydrogens is 1440 g/mol. The first-order valence-electron chi connectivity index (χ1n) is 40.1. The number of carbonyl (C=O) groups excluding carboxylic acids is 12. The molecule has 0 fully saturated rings. The number of para-hydroxylation sites is 2. The maximum Gasteiger partial charge on any atom is 0.419 e. The number of azide groups is 1. The number of nitrogens with one attached hydrogen (secondary N) is 5. The minimum atomic E-state index is -1.39. The van der Waals surface area contributed by atoms with E-state index in [1.807, 2.05) is 47.6 Å². The SMILES string of the molecule is CNC(=O)C(CC(=O)C(CC(C)C)NC(=O)C(CCCCN=[N+]=[N-])CC(=O)C(NC(=O)C(CCCCNC(=O)OC(C)(C)C)CC(=O)C(Cc1cn(C(=O)OC(C)(C)C)c2ccccc12)NC(=O)C(CCCCN=C(CC(C)C)C1=C(O)CC(C)(C)CC1=O)CC(C)=O)C(C)C)Cc1cn(C(=O)OC(C)(C)C)c2ccccc12. The van der Waals surface area contributed by atoms with Gasteiger partial charge in [0.05, 0.1) is 34.7 Å². The number of hydrogen-bond donors (Lipinski definition) is 6. The van der Waals surface area contributed by atoms with Gasteiger partial charge in [0.2, 0.25) is 23.6 Å². The molecule has 2 heterocycles. The van der Waals surface area contributed by atoms with E-state index in [1.165, 1.54) is 23.1 Å². The highest BCUT2D eigenvalue weighted by Crippen LogP contribution is 2.38. The summed E-state index contributed by atoms with van der Waals surface area (Å²) in [7, 11) is 1.46. The summed E-state index contributed by atoms with van der Waals surface area (Å²) in [6, 6.07) is 10.4. The van der Waals surface area contributed by atoms with Crippen LogP contribution in [0.4, 0.5) is 14.4 Å². The van der Waals surface area contributed by atoms with E-state index in [9.17, 15) is 43.5 Å². The molecule has 0 bridgehead atoms. The first-order chi connectivity index (χ1) is 52.8. The van der Waals surface area contributed by atoms with Crippen LogP contribution in [0, 0.1) is 46.8 Å². The Labute approximate surface area is 666 Å². The van der Waals surface area contributed by atoms with Crippen molar-refractivity contribution < 1.29 is 76.9 Å². The number of nitrogens with zero attached hydrogens (tertiary/aromatic N) is 6. The first kappa shape index (κ1) is 94.1. The van der Waals surface area contributed by atoms with Gasteiger partial charge in [-0.2, -0.15) is 0 Å². The van der Waals surface area contributed by atoms with Crippen LogP contribution in [-0.2, 0) is 70.2 Å². The fourth-order valence-corrected chi connectivity index (χ4v) is 14.2. The Morgan fingerprint density at radius 3 is 1.52 bits per heavy atom. The number of aliphatic hydroxyl groups is 1. The summed E-state index contributed by atoms with van der Waals surface area (Å²) in [6.07, 6.45) is 3.16. The number of aliphatic imine (C=N–C) groups is 1. The molecule has 6 N–H and O–H groups in total. The number of amides is 5. The average molecular weight is 1570 g/mol. The number of rotatable bonds is 43. The number of Topliss-reactive ketones (excluding diaryl/α,β-unsaturated/α-hetero) is 5. The lowest BCUT2D eigenvalue weighted by atomic mass is 9.75. The fourth-order valence-electron chi connectivity index (χ4n) is 14.2. The second-order valence-corrected chi connectivity index (χ2v) is 35.3. The van der Waals surface area contributed by atoms with Crippen molar-refractivity contribution in [3.05, 3.63) is 93.8 Å². The van der Waals surface area contributed by atoms with Crippen molar-refractivity contribution in [2.75, 3.05) is 26.7 Å². The Bertz CT molecular complexity index is 4130. The molecule has 622 valence electrons.